The normalized spacial score (nSPS) is 10.1. The van der Waals surface area contributed by atoms with E-state index in [0.717, 1.165) is 19.3 Å². The molecule has 0 heterocycles. The minimum absolute atomic E-state index is 0.318. The van der Waals surface area contributed by atoms with E-state index in [9.17, 15) is 4.79 Å². The average molecular weight is 212 g/mol. The number of carbonyl (C=O) groups is 1. The first-order valence-corrected chi connectivity index (χ1v) is 5.37. The highest BCUT2D eigenvalue weighted by Crippen LogP contribution is 2.09. The number of carbonyl (C=O) groups excluding carboxylic acids is 1. The quantitative estimate of drug-likeness (QED) is 0.408. The van der Waals surface area contributed by atoms with Crippen LogP contribution in [0.3, 0.4) is 0 Å². The second-order valence-electron chi connectivity index (χ2n) is 3.70. The van der Waals surface area contributed by atoms with Crippen LogP contribution in [-0.2, 0) is 9.47 Å². The third-order valence-corrected chi connectivity index (χ3v) is 1.65. The van der Waals surface area contributed by atoms with Gasteiger partial charge in [0.05, 0.1) is 6.61 Å². The summed E-state index contributed by atoms with van der Waals surface area (Å²) in [5.74, 6) is 5.90. The van der Waals surface area contributed by atoms with E-state index in [0.29, 0.717) is 6.61 Å². The van der Waals surface area contributed by atoms with Crippen LogP contribution in [0.2, 0.25) is 0 Å². The number of unbranched alkanes of at least 4 members (excludes halogenated alkanes) is 2. The van der Waals surface area contributed by atoms with Gasteiger partial charge in [0, 0.05) is 6.42 Å². The highest BCUT2D eigenvalue weighted by Gasteiger charge is 2.20. The monoisotopic (exact) mass is 212 g/mol. The molecule has 0 N–H and O–H groups in total. The van der Waals surface area contributed by atoms with E-state index in [4.69, 9.17) is 4.74 Å². The summed E-state index contributed by atoms with van der Waals surface area (Å²) >= 11 is 0. The molecule has 0 aliphatic rings. The molecular weight excluding hydrogens is 192 g/mol. The summed E-state index contributed by atoms with van der Waals surface area (Å²) in [6.45, 7) is 7.67. The van der Waals surface area contributed by atoms with Gasteiger partial charge in [-0.25, -0.2) is 4.79 Å². The number of hydrogen-bond acceptors (Lipinski definition) is 3. The Balaban J connectivity index is 4.03. The standard InChI is InChI=1S/C12H20O3/c1-5-7-8-9-10-12(3,4)15-11(13)14-6-2/h5-8H2,1-4H3. The highest BCUT2D eigenvalue weighted by molar-refractivity contribution is 5.61. The predicted molar refractivity (Wildman–Crippen MR) is 59.5 cm³/mol. The lowest BCUT2D eigenvalue weighted by Crippen LogP contribution is -2.26. The Bertz CT molecular complexity index is 245. The van der Waals surface area contributed by atoms with Gasteiger partial charge >= 0.3 is 6.16 Å². The number of ether oxygens (including phenoxy) is 2. The second-order valence-corrected chi connectivity index (χ2v) is 3.70. The summed E-state index contributed by atoms with van der Waals surface area (Å²) < 4.78 is 9.70. The molecule has 0 aromatic carbocycles. The van der Waals surface area contributed by atoms with Crippen molar-refractivity contribution in [3.63, 3.8) is 0 Å². The number of hydrogen-bond donors (Lipinski definition) is 0. The van der Waals surface area contributed by atoms with Gasteiger partial charge in [0.2, 0.25) is 0 Å². The molecule has 0 aliphatic heterocycles. The van der Waals surface area contributed by atoms with E-state index < -0.39 is 11.8 Å². The molecule has 3 nitrogen and oxygen atoms in total. The van der Waals surface area contributed by atoms with Crippen molar-refractivity contribution >= 4 is 6.16 Å². The molecule has 0 aromatic rings. The van der Waals surface area contributed by atoms with Crippen LogP contribution in [0, 0.1) is 11.8 Å². The van der Waals surface area contributed by atoms with Crippen LogP contribution in [-0.4, -0.2) is 18.4 Å². The van der Waals surface area contributed by atoms with E-state index in [1.807, 2.05) is 0 Å². The summed E-state index contributed by atoms with van der Waals surface area (Å²) in [7, 11) is 0. The highest BCUT2D eigenvalue weighted by atomic mass is 16.7. The van der Waals surface area contributed by atoms with E-state index in [1.54, 1.807) is 20.8 Å². The zero-order chi connectivity index (χ0) is 11.7. The molecule has 0 saturated heterocycles. The third-order valence-electron chi connectivity index (χ3n) is 1.65. The van der Waals surface area contributed by atoms with Crippen LogP contribution in [0.4, 0.5) is 4.79 Å². The summed E-state index contributed by atoms with van der Waals surface area (Å²) in [5.41, 5.74) is -0.764. The van der Waals surface area contributed by atoms with E-state index in [2.05, 4.69) is 23.5 Å². The Labute approximate surface area is 92.1 Å². The van der Waals surface area contributed by atoms with Crippen LogP contribution in [0.15, 0.2) is 0 Å². The third kappa shape index (κ3) is 7.87. The Morgan fingerprint density at radius 1 is 1.33 bits per heavy atom. The van der Waals surface area contributed by atoms with Crippen LogP contribution in [0.25, 0.3) is 0 Å². The van der Waals surface area contributed by atoms with Crippen molar-refractivity contribution in [2.45, 2.75) is 52.6 Å². The zero-order valence-corrected chi connectivity index (χ0v) is 10.1. The van der Waals surface area contributed by atoms with Gasteiger partial charge in [-0.1, -0.05) is 25.2 Å². The minimum atomic E-state index is -0.764. The molecule has 0 aliphatic carbocycles. The molecular formula is C12H20O3. The molecule has 3 heteroatoms. The molecule has 0 unspecified atom stereocenters. The SMILES string of the molecule is CCCCC#CC(C)(C)OC(=O)OCC. The lowest BCUT2D eigenvalue weighted by atomic mass is 10.1. The topological polar surface area (TPSA) is 35.5 Å². The first-order chi connectivity index (χ1) is 7.02. The molecule has 86 valence electrons. The smallest absolute Gasteiger partial charge is 0.435 e. The first kappa shape index (κ1) is 13.8. The maximum Gasteiger partial charge on any atom is 0.509 e. The minimum Gasteiger partial charge on any atom is -0.435 e. The molecule has 0 spiro atoms. The van der Waals surface area contributed by atoms with Gasteiger partial charge in [-0.2, -0.15) is 0 Å². The fourth-order valence-electron chi connectivity index (χ4n) is 0.922. The molecule has 0 saturated carbocycles. The van der Waals surface area contributed by atoms with Crippen LogP contribution < -0.4 is 0 Å². The van der Waals surface area contributed by atoms with E-state index in [1.165, 1.54) is 0 Å². The Morgan fingerprint density at radius 3 is 2.53 bits per heavy atom. The Kier molecular flexibility index (Phi) is 6.61. The fourth-order valence-corrected chi connectivity index (χ4v) is 0.922. The average Bonchev–Trinajstić information content (AvgIpc) is 2.12. The predicted octanol–water partition coefficient (Wildman–Crippen LogP) is 3.13. The van der Waals surface area contributed by atoms with Crippen molar-refractivity contribution in [2.75, 3.05) is 6.61 Å². The fraction of sp³-hybridized carbons (Fsp3) is 0.750. The number of rotatable bonds is 4. The van der Waals surface area contributed by atoms with Gasteiger partial charge in [-0.3, -0.25) is 0 Å². The summed E-state index contributed by atoms with van der Waals surface area (Å²) in [5, 5.41) is 0. The molecule has 0 fully saturated rings. The molecule has 0 atom stereocenters. The van der Waals surface area contributed by atoms with Gasteiger partial charge in [0.1, 0.15) is 0 Å². The van der Waals surface area contributed by atoms with Crippen molar-refractivity contribution in [3.8, 4) is 11.8 Å². The van der Waals surface area contributed by atoms with Crippen LogP contribution >= 0.6 is 0 Å². The Hall–Kier alpha value is -1.17. The van der Waals surface area contributed by atoms with E-state index >= 15 is 0 Å². The van der Waals surface area contributed by atoms with Crippen LogP contribution in [0.5, 0.6) is 0 Å². The van der Waals surface area contributed by atoms with Gasteiger partial charge in [0.25, 0.3) is 0 Å². The van der Waals surface area contributed by atoms with Crippen molar-refractivity contribution in [1.29, 1.82) is 0 Å². The lowest BCUT2D eigenvalue weighted by Gasteiger charge is -2.17. The molecule has 0 aromatic heterocycles. The molecule has 0 rings (SSSR count). The summed E-state index contributed by atoms with van der Waals surface area (Å²) in [4.78, 5) is 11.0. The summed E-state index contributed by atoms with van der Waals surface area (Å²) in [6.07, 6.45) is 2.37. The molecule has 15 heavy (non-hydrogen) atoms. The van der Waals surface area contributed by atoms with Crippen molar-refractivity contribution < 1.29 is 14.3 Å². The van der Waals surface area contributed by atoms with Crippen LogP contribution in [0.1, 0.15) is 47.0 Å². The first-order valence-electron chi connectivity index (χ1n) is 5.37. The van der Waals surface area contributed by atoms with Crippen molar-refractivity contribution in [2.24, 2.45) is 0 Å². The zero-order valence-electron chi connectivity index (χ0n) is 10.1. The van der Waals surface area contributed by atoms with Gasteiger partial charge in [-0.05, 0) is 27.2 Å². The molecule has 0 amide bonds. The van der Waals surface area contributed by atoms with Crippen molar-refractivity contribution in [1.82, 2.24) is 0 Å². The van der Waals surface area contributed by atoms with Gasteiger partial charge in [0.15, 0.2) is 5.60 Å². The molecule has 0 bridgehead atoms. The summed E-state index contributed by atoms with van der Waals surface area (Å²) in [6, 6.07) is 0. The van der Waals surface area contributed by atoms with Crippen molar-refractivity contribution in [3.05, 3.63) is 0 Å². The maximum atomic E-state index is 11.0. The largest absolute Gasteiger partial charge is 0.509 e. The van der Waals surface area contributed by atoms with E-state index in [-0.39, 0.29) is 0 Å². The lowest BCUT2D eigenvalue weighted by molar-refractivity contribution is 0.0124. The van der Waals surface area contributed by atoms with Gasteiger partial charge < -0.3 is 9.47 Å². The second kappa shape index (κ2) is 7.17. The van der Waals surface area contributed by atoms with Gasteiger partial charge in [-0.15, -0.1) is 0 Å². The maximum absolute atomic E-state index is 11.0. The molecule has 0 radical (unpaired) electrons. The Morgan fingerprint density at radius 2 is 2.00 bits per heavy atom.